The third-order valence-electron chi connectivity index (χ3n) is 4.57. The molecule has 1 aliphatic heterocycles. The first-order valence-corrected chi connectivity index (χ1v) is 8.33. The highest BCUT2D eigenvalue weighted by Crippen LogP contribution is 2.24. The van der Waals surface area contributed by atoms with E-state index in [4.69, 9.17) is 0 Å². The maximum atomic E-state index is 4.11. The lowest BCUT2D eigenvalue weighted by Crippen LogP contribution is -2.43. The average Bonchev–Trinajstić information content (AvgIpc) is 2.47. The van der Waals surface area contributed by atoms with Crippen LogP contribution in [-0.2, 0) is 0 Å². The molecule has 0 amide bonds. The van der Waals surface area contributed by atoms with E-state index in [1.54, 1.807) is 0 Å². The number of hydrogen-bond acceptors (Lipinski definition) is 3. The van der Waals surface area contributed by atoms with Crippen molar-refractivity contribution in [3.63, 3.8) is 0 Å². The highest BCUT2D eigenvalue weighted by molar-refractivity contribution is 5.14. The van der Waals surface area contributed by atoms with E-state index in [1.165, 1.54) is 37.9 Å². The lowest BCUT2D eigenvalue weighted by atomic mass is 9.92. The third kappa shape index (κ3) is 5.40. The van der Waals surface area contributed by atoms with Crippen LogP contribution in [0.15, 0.2) is 24.5 Å². The smallest absolute Gasteiger partial charge is 0.0321 e. The van der Waals surface area contributed by atoms with Crippen molar-refractivity contribution < 1.29 is 0 Å². The van der Waals surface area contributed by atoms with E-state index < -0.39 is 0 Å². The predicted octanol–water partition coefficient (Wildman–Crippen LogP) is 3.63. The molecule has 0 aromatic carbocycles. The maximum Gasteiger partial charge on any atom is 0.0321 e. The largest absolute Gasteiger partial charge is 0.314 e. The number of aromatic nitrogens is 1. The van der Waals surface area contributed by atoms with Crippen LogP contribution in [0, 0.1) is 5.41 Å². The van der Waals surface area contributed by atoms with Gasteiger partial charge in [-0.1, -0.05) is 20.8 Å². The van der Waals surface area contributed by atoms with Gasteiger partial charge in [0.05, 0.1) is 0 Å². The zero-order valence-corrected chi connectivity index (χ0v) is 14.1. The molecule has 1 fully saturated rings. The van der Waals surface area contributed by atoms with Gasteiger partial charge in [-0.3, -0.25) is 9.88 Å². The molecule has 0 unspecified atom stereocenters. The summed E-state index contributed by atoms with van der Waals surface area (Å²) in [5, 5.41) is 3.74. The summed E-state index contributed by atoms with van der Waals surface area (Å²) in [5.41, 5.74) is 1.81. The second kappa shape index (κ2) is 7.37. The third-order valence-corrected chi connectivity index (χ3v) is 4.57. The van der Waals surface area contributed by atoms with Crippen LogP contribution in [0.2, 0.25) is 0 Å². The number of piperidine rings is 1. The quantitative estimate of drug-likeness (QED) is 0.897. The second-order valence-corrected chi connectivity index (χ2v) is 7.53. The molecule has 0 spiro atoms. The number of nitrogens with one attached hydrogen (secondary N) is 1. The van der Waals surface area contributed by atoms with E-state index in [2.05, 4.69) is 55.0 Å². The van der Waals surface area contributed by atoms with Crippen molar-refractivity contribution in [3.8, 4) is 0 Å². The predicted molar refractivity (Wildman–Crippen MR) is 89.3 cm³/mol. The van der Waals surface area contributed by atoms with Crippen molar-refractivity contribution in [2.75, 3.05) is 19.6 Å². The Bertz CT molecular complexity index is 402. The van der Waals surface area contributed by atoms with Crippen LogP contribution in [0.5, 0.6) is 0 Å². The molecule has 1 aliphatic rings. The van der Waals surface area contributed by atoms with Crippen molar-refractivity contribution in [3.05, 3.63) is 30.1 Å². The first kappa shape index (κ1) is 16.4. The first-order valence-electron chi connectivity index (χ1n) is 8.33. The maximum absolute atomic E-state index is 4.11. The van der Waals surface area contributed by atoms with Crippen LogP contribution in [0.1, 0.15) is 58.6 Å². The van der Waals surface area contributed by atoms with E-state index in [1.807, 2.05) is 12.4 Å². The van der Waals surface area contributed by atoms with Gasteiger partial charge in [0.1, 0.15) is 0 Å². The summed E-state index contributed by atoms with van der Waals surface area (Å²) in [7, 11) is 0. The molecular weight excluding hydrogens is 258 g/mol. The van der Waals surface area contributed by atoms with Crippen LogP contribution in [0.4, 0.5) is 0 Å². The van der Waals surface area contributed by atoms with Gasteiger partial charge in [-0.2, -0.15) is 0 Å². The Balaban J connectivity index is 1.73. The minimum absolute atomic E-state index is 0.434. The first-order chi connectivity index (χ1) is 9.96. The Kier molecular flexibility index (Phi) is 5.77. The Labute approximate surface area is 130 Å². The minimum Gasteiger partial charge on any atom is -0.314 e. The van der Waals surface area contributed by atoms with Gasteiger partial charge in [0, 0.05) is 37.6 Å². The lowest BCUT2D eigenvalue weighted by molar-refractivity contribution is 0.151. The highest BCUT2D eigenvalue weighted by atomic mass is 15.2. The zero-order chi connectivity index (χ0) is 15.3. The molecule has 3 nitrogen and oxygen atoms in total. The van der Waals surface area contributed by atoms with Gasteiger partial charge in [0.2, 0.25) is 0 Å². The summed E-state index contributed by atoms with van der Waals surface area (Å²) < 4.78 is 0. The fraction of sp³-hybridized carbons (Fsp3) is 0.722. The van der Waals surface area contributed by atoms with Crippen molar-refractivity contribution in [2.24, 2.45) is 5.41 Å². The Morgan fingerprint density at radius 3 is 2.43 bits per heavy atom. The summed E-state index contributed by atoms with van der Waals surface area (Å²) in [6.45, 7) is 12.8. The molecule has 1 atom stereocenters. The Morgan fingerprint density at radius 1 is 1.24 bits per heavy atom. The molecule has 0 saturated carbocycles. The topological polar surface area (TPSA) is 28.2 Å². The fourth-order valence-corrected chi connectivity index (χ4v) is 2.99. The average molecular weight is 289 g/mol. The summed E-state index contributed by atoms with van der Waals surface area (Å²) in [5.74, 6) is 0. The van der Waals surface area contributed by atoms with E-state index >= 15 is 0 Å². The molecule has 2 rings (SSSR count). The molecule has 21 heavy (non-hydrogen) atoms. The van der Waals surface area contributed by atoms with Crippen LogP contribution in [0.25, 0.3) is 0 Å². The van der Waals surface area contributed by atoms with Gasteiger partial charge in [0.25, 0.3) is 0 Å². The molecule has 3 heteroatoms. The summed E-state index contributed by atoms with van der Waals surface area (Å²) >= 11 is 0. The highest BCUT2D eigenvalue weighted by Gasteiger charge is 2.23. The van der Waals surface area contributed by atoms with Crippen molar-refractivity contribution >= 4 is 0 Å². The molecule has 1 aromatic rings. The van der Waals surface area contributed by atoms with Crippen LogP contribution >= 0.6 is 0 Å². The van der Waals surface area contributed by atoms with Gasteiger partial charge in [-0.25, -0.2) is 0 Å². The van der Waals surface area contributed by atoms with Gasteiger partial charge in [-0.15, -0.1) is 0 Å². The molecule has 2 heterocycles. The van der Waals surface area contributed by atoms with Gasteiger partial charge < -0.3 is 5.32 Å². The SMILES string of the molecule is C[C@H](c1ccncc1)N1CCC(NCCC(C)(C)C)CC1. The zero-order valence-electron chi connectivity index (χ0n) is 14.1. The van der Waals surface area contributed by atoms with Crippen LogP contribution in [-0.4, -0.2) is 35.6 Å². The molecule has 1 aromatic heterocycles. The number of rotatable bonds is 5. The molecule has 0 aliphatic carbocycles. The minimum atomic E-state index is 0.434. The van der Waals surface area contributed by atoms with E-state index in [0.29, 0.717) is 17.5 Å². The van der Waals surface area contributed by atoms with Gasteiger partial charge >= 0.3 is 0 Å². The Morgan fingerprint density at radius 2 is 1.86 bits per heavy atom. The monoisotopic (exact) mass is 289 g/mol. The summed E-state index contributed by atoms with van der Waals surface area (Å²) in [6.07, 6.45) is 7.57. The number of likely N-dealkylation sites (tertiary alicyclic amines) is 1. The van der Waals surface area contributed by atoms with E-state index in [0.717, 1.165) is 6.54 Å². The summed E-state index contributed by atoms with van der Waals surface area (Å²) in [6, 6.07) is 5.48. The standard InChI is InChI=1S/C18H31N3/c1-15(16-5-10-19-11-6-16)21-13-7-17(8-14-21)20-12-9-18(2,3)4/h5-6,10-11,15,17,20H,7-9,12-14H2,1-4H3/t15-/m1/s1. The van der Waals surface area contributed by atoms with E-state index in [9.17, 15) is 0 Å². The van der Waals surface area contributed by atoms with Crippen molar-refractivity contribution in [1.82, 2.24) is 15.2 Å². The number of hydrogen-bond donors (Lipinski definition) is 1. The molecule has 1 N–H and O–H groups in total. The molecule has 0 bridgehead atoms. The van der Waals surface area contributed by atoms with E-state index in [-0.39, 0.29) is 0 Å². The fourth-order valence-electron chi connectivity index (χ4n) is 2.99. The molecule has 118 valence electrons. The second-order valence-electron chi connectivity index (χ2n) is 7.53. The number of nitrogens with zero attached hydrogens (tertiary/aromatic N) is 2. The van der Waals surface area contributed by atoms with Crippen molar-refractivity contribution in [2.45, 2.75) is 59.0 Å². The van der Waals surface area contributed by atoms with Gasteiger partial charge in [0.15, 0.2) is 0 Å². The van der Waals surface area contributed by atoms with Gasteiger partial charge in [-0.05, 0) is 55.8 Å². The summed E-state index contributed by atoms with van der Waals surface area (Å²) in [4.78, 5) is 6.70. The number of pyridine rings is 1. The van der Waals surface area contributed by atoms with Crippen LogP contribution < -0.4 is 5.32 Å². The molecule has 0 radical (unpaired) electrons. The van der Waals surface area contributed by atoms with Crippen LogP contribution in [0.3, 0.4) is 0 Å². The lowest BCUT2D eigenvalue weighted by Gasteiger charge is -2.36. The molecule has 1 saturated heterocycles. The Hall–Kier alpha value is -0.930. The normalized spacial score (nSPS) is 19.6. The molecular formula is C18H31N3. The van der Waals surface area contributed by atoms with Crippen molar-refractivity contribution in [1.29, 1.82) is 0 Å².